The number of thiophene rings is 1. The highest BCUT2D eigenvalue weighted by molar-refractivity contribution is 7.11. The van der Waals surface area contributed by atoms with Crippen LogP contribution in [0.1, 0.15) is 29.2 Å². The number of pyridine rings is 1. The Bertz CT molecular complexity index is 748. The van der Waals surface area contributed by atoms with Gasteiger partial charge in [-0.3, -0.25) is 4.99 Å². The van der Waals surface area contributed by atoms with Crippen LogP contribution in [-0.4, -0.2) is 43.3 Å². The Hall–Kier alpha value is -2.12. The molecule has 0 saturated carbocycles. The van der Waals surface area contributed by atoms with Crippen LogP contribution >= 0.6 is 11.3 Å². The SMILES string of the molecule is CN=C(NCc1ccc(N2CC(C)OC(C)C2)nc1)NCc1ccc(C)s1. The number of hydrogen-bond donors (Lipinski definition) is 2. The Morgan fingerprint density at radius 1 is 1.19 bits per heavy atom. The lowest BCUT2D eigenvalue weighted by Crippen LogP contribution is -2.45. The predicted molar refractivity (Wildman–Crippen MR) is 113 cm³/mol. The highest BCUT2D eigenvalue weighted by Crippen LogP contribution is 2.18. The van der Waals surface area contributed by atoms with E-state index in [1.54, 1.807) is 18.4 Å². The van der Waals surface area contributed by atoms with Gasteiger partial charge in [-0.2, -0.15) is 0 Å². The molecule has 146 valence electrons. The lowest BCUT2D eigenvalue weighted by atomic mass is 10.2. The molecule has 1 fully saturated rings. The Labute approximate surface area is 165 Å². The lowest BCUT2D eigenvalue weighted by molar-refractivity contribution is -0.00545. The maximum Gasteiger partial charge on any atom is 0.191 e. The Balaban J connectivity index is 1.50. The molecule has 2 N–H and O–H groups in total. The number of nitrogens with zero attached hydrogens (tertiary/aromatic N) is 3. The van der Waals surface area contributed by atoms with E-state index >= 15 is 0 Å². The second-order valence-electron chi connectivity index (χ2n) is 6.98. The van der Waals surface area contributed by atoms with E-state index in [-0.39, 0.29) is 12.2 Å². The molecule has 0 aromatic carbocycles. The third-order valence-electron chi connectivity index (χ3n) is 4.46. The number of ether oxygens (including phenoxy) is 1. The van der Waals surface area contributed by atoms with Gasteiger partial charge >= 0.3 is 0 Å². The van der Waals surface area contributed by atoms with Crippen LogP contribution in [0.5, 0.6) is 0 Å². The van der Waals surface area contributed by atoms with Gasteiger partial charge in [-0.15, -0.1) is 11.3 Å². The van der Waals surface area contributed by atoms with Gasteiger partial charge in [0.25, 0.3) is 0 Å². The van der Waals surface area contributed by atoms with Gasteiger partial charge < -0.3 is 20.3 Å². The zero-order chi connectivity index (χ0) is 19.2. The highest BCUT2D eigenvalue weighted by Gasteiger charge is 2.22. The minimum Gasteiger partial charge on any atom is -0.372 e. The van der Waals surface area contributed by atoms with Crippen LogP contribution in [0, 0.1) is 6.92 Å². The molecule has 7 heteroatoms. The first-order valence-electron chi connectivity index (χ1n) is 9.38. The van der Waals surface area contributed by atoms with Gasteiger partial charge in [0, 0.05) is 42.6 Å². The van der Waals surface area contributed by atoms with Gasteiger partial charge in [-0.05, 0) is 44.5 Å². The Kier molecular flexibility index (Phi) is 6.68. The maximum absolute atomic E-state index is 5.80. The van der Waals surface area contributed by atoms with Crippen LogP contribution in [0.2, 0.25) is 0 Å². The second-order valence-corrected chi connectivity index (χ2v) is 8.35. The molecule has 2 unspecified atom stereocenters. The molecule has 1 saturated heterocycles. The van der Waals surface area contributed by atoms with Crippen molar-refractivity contribution in [2.75, 3.05) is 25.0 Å². The Morgan fingerprint density at radius 2 is 1.93 bits per heavy atom. The average molecular weight is 388 g/mol. The predicted octanol–water partition coefficient (Wildman–Crippen LogP) is 2.93. The van der Waals surface area contributed by atoms with E-state index in [9.17, 15) is 0 Å². The van der Waals surface area contributed by atoms with Crippen molar-refractivity contribution in [3.8, 4) is 0 Å². The molecular weight excluding hydrogens is 358 g/mol. The minimum absolute atomic E-state index is 0.235. The number of anilines is 1. The standard InChI is InChI=1S/C20H29N5OS/c1-14-12-25(13-15(2)26-14)19-8-6-17(9-22-19)10-23-20(21-4)24-11-18-7-5-16(3)27-18/h5-9,14-15H,10-13H2,1-4H3,(H2,21,23,24). The van der Waals surface area contributed by atoms with Crippen LogP contribution in [-0.2, 0) is 17.8 Å². The minimum atomic E-state index is 0.235. The third-order valence-corrected chi connectivity index (χ3v) is 5.46. The number of aromatic nitrogens is 1. The van der Waals surface area contributed by atoms with Crippen molar-refractivity contribution < 1.29 is 4.74 Å². The number of aliphatic imine (C=N–C) groups is 1. The first kappa shape index (κ1) is 19.6. The smallest absolute Gasteiger partial charge is 0.191 e. The highest BCUT2D eigenvalue weighted by atomic mass is 32.1. The van der Waals surface area contributed by atoms with Crippen molar-refractivity contribution in [2.45, 2.75) is 46.1 Å². The molecule has 3 heterocycles. The fourth-order valence-electron chi connectivity index (χ4n) is 3.23. The van der Waals surface area contributed by atoms with Crippen LogP contribution in [0.4, 0.5) is 5.82 Å². The van der Waals surface area contributed by atoms with E-state index in [1.165, 1.54) is 9.75 Å². The quantitative estimate of drug-likeness (QED) is 0.610. The summed E-state index contributed by atoms with van der Waals surface area (Å²) >= 11 is 1.80. The molecule has 0 amide bonds. The zero-order valence-corrected chi connectivity index (χ0v) is 17.3. The van der Waals surface area contributed by atoms with Crippen molar-refractivity contribution in [3.05, 3.63) is 45.8 Å². The number of rotatable bonds is 5. The summed E-state index contributed by atoms with van der Waals surface area (Å²) in [5, 5.41) is 6.69. The molecule has 2 aromatic heterocycles. The lowest BCUT2D eigenvalue weighted by Gasteiger charge is -2.36. The summed E-state index contributed by atoms with van der Waals surface area (Å²) in [5.41, 5.74) is 1.13. The van der Waals surface area contributed by atoms with E-state index in [0.29, 0.717) is 6.54 Å². The summed E-state index contributed by atoms with van der Waals surface area (Å²) in [6, 6.07) is 8.50. The van der Waals surface area contributed by atoms with Crippen molar-refractivity contribution in [1.82, 2.24) is 15.6 Å². The summed E-state index contributed by atoms with van der Waals surface area (Å²) in [5.74, 6) is 1.80. The van der Waals surface area contributed by atoms with Crippen molar-refractivity contribution in [2.24, 2.45) is 4.99 Å². The monoisotopic (exact) mass is 387 g/mol. The first-order valence-corrected chi connectivity index (χ1v) is 10.2. The largest absolute Gasteiger partial charge is 0.372 e. The molecular formula is C20H29N5OS. The molecule has 27 heavy (non-hydrogen) atoms. The molecule has 0 aliphatic carbocycles. The van der Waals surface area contributed by atoms with Crippen LogP contribution < -0.4 is 15.5 Å². The molecule has 2 atom stereocenters. The summed E-state index contributed by atoms with van der Waals surface area (Å²) in [6.07, 6.45) is 2.40. The fraction of sp³-hybridized carbons (Fsp3) is 0.500. The summed E-state index contributed by atoms with van der Waals surface area (Å²) in [4.78, 5) is 13.8. The molecule has 0 bridgehead atoms. The van der Waals surface area contributed by atoms with Crippen molar-refractivity contribution >= 4 is 23.1 Å². The van der Waals surface area contributed by atoms with E-state index < -0.39 is 0 Å². The molecule has 0 spiro atoms. The first-order chi connectivity index (χ1) is 13.0. The normalized spacial score (nSPS) is 20.6. The Morgan fingerprint density at radius 3 is 2.52 bits per heavy atom. The van der Waals surface area contributed by atoms with Gasteiger partial charge in [0.1, 0.15) is 5.82 Å². The molecule has 1 aliphatic rings. The van der Waals surface area contributed by atoms with Gasteiger partial charge in [-0.1, -0.05) is 6.07 Å². The van der Waals surface area contributed by atoms with Crippen LogP contribution in [0.3, 0.4) is 0 Å². The van der Waals surface area contributed by atoms with Crippen LogP contribution in [0.25, 0.3) is 0 Å². The number of guanidine groups is 1. The van der Waals surface area contributed by atoms with E-state index in [0.717, 1.165) is 37.0 Å². The third kappa shape index (κ3) is 5.68. The topological polar surface area (TPSA) is 61.8 Å². The molecule has 6 nitrogen and oxygen atoms in total. The number of morpholine rings is 1. The van der Waals surface area contributed by atoms with E-state index in [4.69, 9.17) is 4.74 Å². The van der Waals surface area contributed by atoms with E-state index in [1.807, 2.05) is 6.20 Å². The number of aryl methyl sites for hydroxylation is 1. The van der Waals surface area contributed by atoms with Gasteiger partial charge in [-0.25, -0.2) is 4.98 Å². The fourth-order valence-corrected chi connectivity index (χ4v) is 4.06. The van der Waals surface area contributed by atoms with Gasteiger partial charge in [0.2, 0.25) is 0 Å². The van der Waals surface area contributed by atoms with Crippen LogP contribution in [0.15, 0.2) is 35.5 Å². The number of hydrogen-bond acceptors (Lipinski definition) is 5. The van der Waals surface area contributed by atoms with Gasteiger partial charge in [0.15, 0.2) is 5.96 Å². The second kappa shape index (κ2) is 9.19. The van der Waals surface area contributed by atoms with Gasteiger partial charge in [0.05, 0.1) is 18.8 Å². The molecule has 3 rings (SSSR count). The average Bonchev–Trinajstić information content (AvgIpc) is 3.07. The summed E-state index contributed by atoms with van der Waals surface area (Å²) in [6.45, 7) is 9.57. The zero-order valence-electron chi connectivity index (χ0n) is 16.5. The van der Waals surface area contributed by atoms with Crippen molar-refractivity contribution in [1.29, 1.82) is 0 Å². The molecule has 0 radical (unpaired) electrons. The molecule has 2 aromatic rings. The number of nitrogens with one attached hydrogen (secondary N) is 2. The summed E-state index contributed by atoms with van der Waals surface area (Å²) < 4.78 is 5.80. The van der Waals surface area contributed by atoms with Crippen molar-refractivity contribution in [3.63, 3.8) is 0 Å². The molecule has 1 aliphatic heterocycles. The summed E-state index contributed by atoms with van der Waals surface area (Å²) in [7, 11) is 1.79. The maximum atomic E-state index is 5.80. The van der Waals surface area contributed by atoms with E-state index in [2.05, 4.69) is 70.5 Å².